The van der Waals surface area contributed by atoms with E-state index in [-0.39, 0.29) is 36.2 Å². The molecule has 8 nitrogen and oxygen atoms in total. The summed E-state index contributed by atoms with van der Waals surface area (Å²) in [6.07, 6.45) is 2.04. The lowest BCUT2D eigenvalue weighted by Gasteiger charge is -2.23. The molecule has 1 aromatic rings. The van der Waals surface area contributed by atoms with Crippen molar-refractivity contribution in [2.75, 3.05) is 19.6 Å². The Morgan fingerprint density at radius 2 is 2.13 bits per heavy atom. The van der Waals surface area contributed by atoms with Crippen molar-refractivity contribution in [1.82, 2.24) is 25.4 Å². The highest BCUT2D eigenvalue weighted by Crippen LogP contribution is 2.16. The molecule has 0 aliphatic carbocycles. The van der Waals surface area contributed by atoms with Crippen LogP contribution >= 0.6 is 12.4 Å². The fraction of sp³-hybridized carbons (Fsp3) is 0.714. The Kier molecular flexibility index (Phi) is 7.44. The Bertz CT molecular complexity index is 535. The number of hydrogen-bond acceptors (Lipinski definition) is 5. The van der Waals surface area contributed by atoms with Crippen LogP contribution in [-0.4, -0.2) is 57.6 Å². The predicted octanol–water partition coefficient (Wildman–Crippen LogP) is -0.221. The van der Waals surface area contributed by atoms with Crippen LogP contribution in [0, 0.1) is 12.8 Å². The summed E-state index contributed by atoms with van der Waals surface area (Å²) in [4.78, 5) is 29.7. The minimum Gasteiger partial charge on any atom is -0.355 e. The fourth-order valence-electron chi connectivity index (χ4n) is 2.64. The molecule has 1 aromatic heterocycles. The molecule has 2 rings (SSSR count). The molecule has 0 aromatic carbocycles. The first kappa shape index (κ1) is 19.4. The standard InChI is InChI=1S/C14H24N6O2.ClH/c1-9-17-13(19-18-9)5-6-16-14(22)11-3-4-12(15)8-20(7-11)10(2)21;/h11-12H,3-8,15H2,1-2H3,(H,16,22)(H,17,18,19);1H/t11-,12+;/m1./s1. The minimum atomic E-state index is -0.202. The first-order valence-corrected chi connectivity index (χ1v) is 7.62. The summed E-state index contributed by atoms with van der Waals surface area (Å²) in [5.41, 5.74) is 5.96. The Labute approximate surface area is 142 Å². The summed E-state index contributed by atoms with van der Waals surface area (Å²) in [5.74, 6) is 1.17. The van der Waals surface area contributed by atoms with E-state index in [1.807, 2.05) is 6.92 Å². The molecule has 2 heterocycles. The highest BCUT2D eigenvalue weighted by molar-refractivity contribution is 5.85. The van der Waals surface area contributed by atoms with E-state index in [1.54, 1.807) is 4.90 Å². The molecule has 1 aliphatic heterocycles. The van der Waals surface area contributed by atoms with Crippen molar-refractivity contribution >= 4 is 24.2 Å². The van der Waals surface area contributed by atoms with Crippen molar-refractivity contribution in [2.24, 2.45) is 11.7 Å². The molecule has 2 amide bonds. The van der Waals surface area contributed by atoms with Gasteiger partial charge in [0.05, 0.1) is 5.92 Å². The van der Waals surface area contributed by atoms with Crippen molar-refractivity contribution < 1.29 is 9.59 Å². The molecule has 23 heavy (non-hydrogen) atoms. The zero-order valence-electron chi connectivity index (χ0n) is 13.5. The van der Waals surface area contributed by atoms with Crippen LogP contribution in [0.4, 0.5) is 0 Å². The zero-order valence-corrected chi connectivity index (χ0v) is 14.4. The largest absolute Gasteiger partial charge is 0.355 e. The Balaban J connectivity index is 0.00000264. The number of aryl methyl sites for hydroxylation is 1. The average molecular weight is 345 g/mol. The Morgan fingerprint density at radius 3 is 2.74 bits per heavy atom. The van der Waals surface area contributed by atoms with Gasteiger partial charge in [0.15, 0.2) is 5.82 Å². The number of nitrogens with two attached hydrogens (primary N) is 1. The van der Waals surface area contributed by atoms with Crippen LogP contribution in [-0.2, 0) is 16.0 Å². The van der Waals surface area contributed by atoms with E-state index < -0.39 is 0 Å². The van der Waals surface area contributed by atoms with Gasteiger partial charge in [0.2, 0.25) is 11.8 Å². The van der Waals surface area contributed by atoms with Gasteiger partial charge in [0.25, 0.3) is 0 Å². The Morgan fingerprint density at radius 1 is 1.39 bits per heavy atom. The molecule has 1 fully saturated rings. The van der Waals surface area contributed by atoms with Gasteiger partial charge in [-0.2, -0.15) is 5.10 Å². The van der Waals surface area contributed by atoms with E-state index in [9.17, 15) is 9.59 Å². The molecule has 0 bridgehead atoms. The molecule has 2 atom stereocenters. The molecule has 0 spiro atoms. The fourth-order valence-corrected chi connectivity index (χ4v) is 2.64. The number of carbonyl (C=O) groups excluding carboxylic acids is 2. The van der Waals surface area contributed by atoms with E-state index in [1.165, 1.54) is 6.92 Å². The van der Waals surface area contributed by atoms with Gasteiger partial charge in [-0.05, 0) is 19.8 Å². The monoisotopic (exact) mass is 344 g/mol. The van der Waals surface area contributed by atoms with Crippen molar-refractivity contribution in [3.8, 4) is 0 Å². The highest BCUT2D eigenvalue weighted by atomic mass is 35.5. The van der Waals surface area contributed by atoms with Gasteiger partial charge in [-0.3, -0.25) is 14.7 Å². The minimum absolute atomic E-state index is 0. The summed E-state index contributed by atoms with van der Waals surface area (Å²) in [6.45, 7) is 4.79. The van der Waals surface area contributed by atoms with E-state index >= 15 is 0 Å². The molecule has 1 aliphatic rings. The maximum atomic E-state index is 12.3. The van der Waals surface area contributed by atoms with Crippen LogP contribution in [0.15, 0.2) is 0 Å². The second-order valence-electron chi connectivity index (χ2n) is 5.84. The van der Waals surface area contributed by atoms with Crippen LogP contribution in [0.1, 0.15) is 31.4 Å². The third-order valence-electron chi connectivity index (χ3n) is 3.89. The number of aromatic amines is 1. The quantitative estimate of drug-likeness (QED) is 0.698. The molecule has 1 saturated heterocycles. The number of carbonyl (C=O) groups is 2. The van der Waals surface area contributed by atoms with E-state index in [2.05, 4.69) is 20.5 Å². The van der Waals surface area contributed by atoms with Crippen LogP contribution in [0.25, 0.3) is 0 Å². The number of likely N-dealkylation sites (tertiary alicyclic amines) is 1. The number of hydrogen-bond donors (Lipinski definition) is 3. The number of nitrogens with one attached hydrogen (secondary N) is 2. The normalized spacial score (nSPS) is 21.3. The lowest BCUT2D eigenvalue weighted by Crippen LogP contribution is -2.42. The summed E-state index contributed by atoms with van der Waals surface area (Å²) >= 11 is 0. The number of H-pyrrole nitrogens is 1. The summed E-state index contributed by atoms with van der Waals surface area (Å²) in [5, 5.41) is 9.70. The first-order chi connectivity index (χ1) is 10.5. The maximum Gasteiger partial charge on any atom is 0.224 e. The topological polar surface area (TPSA) is 117 Å². The van der Waals surface area contributed by atoms with Gasteiger partial charge in [-0.1, -0.05) is 0 Å². The Hall–Kier alpha value is -1.67. The van der Waals surface area contributed by atoms with Crippen molar-refractivity contribution in [1.29, 1.82) is 0 Å². The lowest BCUT2D eigenvalue weighted by atomic mass is 10.0. The second kappa shape index (κ2) is 8.83. The van der Waals surface area contributed by atoms with Crippen LogP contribution in [0.5, 0.6) is 0 Å². The van der Waals surface area contributed by atoms with E-state index in [0.29, 0.717) is 38.3 Å². The predicted molar refractivity (Wildman–Crippen MR) is 88.0 cm³/mol. The van der Waals surface area contributed by atoms with Gasteiger partial charge in [-0.15, -0.1) is 12.4 Å². The number of halogens is 1. The van der Waals surface area contributed by atoms with Gasteiger partial charge in [0.1, 0.15) is 5.82 Å². The lowest BCUT2D eigenvalue weighted by molar-refractivity contribution is -0.131. The van der Waals surface area contributed by atoms with Crippen molar-refractivity contribution in [2.45, 2.75) is 39.2 Å². The van der Waals surface area contributed by atoms with Gasteiger partial charge >= 0.3 is 0 Å². The molecule has 4 N–H and O–H groups in total. The van der Waals surface area contributed by atoms with E-state index in [4.69, 9.17) is 5.73 Å². The smallest absolute Gasteiger partial charge is 0.224 e. The summed E-state index contributed by atoms with van der Waals surface area (Å²) in [6, 6.07) is -0.0575. The van der Waals surface area contributed by atoms with Crippen LogP contribution in [0.2, 0.25) is 0 Å². The molecular formula is C14H25ClN6O2. The maximum absolute atomic E-state index is 12.3. The molecule has 9 heteroatoms. The van der Waals surface area contributed by atoms with Crippen LogP contribution < -0.4 is 11.1 Å². The van der Waals surface area contributed by atoms with Crippen molar-refractivity contribution in [3.63, 3.8) is 0 Å². The highest BCUT2D eigenvalue weighted by Gasteiger charge is 2.28. The van der Waals surface area contributed by atoms with Gasteiger partial charge in [-0.25, -0.2) is 4.98 Å². The zero-order chi connectivity index (χ0) is 16.1. The first-order valence-electron chi connectivity index (χ1n) is 7.62. The van der Waals surface area contributed by atoms with Crippen molar-refractivity contribution in [3.05, 3.63) is 11.6 Å². The number of aromatic nitrogens is 3. The second-order valence-corrected chi connectivity index (χ2v) is 5.84. The number of nitrogens with zero attached hydrogens (tertiary/aromatic N) is 3. The average Bonchev–Trinajstić information content (AvgIpc) is 2.76. The van der Waals surface area contributed by atoms with Gasteiger partial charge in [0, 0.05) is 39.0 Å². The molecule has 0 unspecified atom stereocenters. The number of rotatable bonds is 4. The summed E-state index contributed by atoms with van der Waals surface area (Å²) in [7, 11) is 0. The van der Waals surface area contributed by atoms with E-state index in [0.717, 1.165) is 12.2 Å². The van der Waals surface area contributed by atoms with Gasteiger partial charge < -0.3 is 16.0 Å². The molecular weight excluding hydrogens is 320 g/mol. The molecule has 130 valence electrons. The SMILES string of the molecule is CC(=O)N1C[C@@H](N)CC[C@@H](C(=O)NCCc2n[nH]c(C)n2)C1.Cl. The summed E-state index contributed by atoms with van der Waals surface area (Å²) < 4.78 is 0. The molecule has 0 saturated carbocycles. The molecule has 0 radical (unpaired) electrons. The third kappa shape index (κ3) is 5.80. The van der Waals surface area contributed by atoms with Crippen LogP contribution in [0.3, 0.4) is 0 Å². The number of amides is 2. The third-order valence-corrected chi connectivity index (χ3v) is 3.89.